The Balaban J connectivity index is 1.96. The molecule has 0 fully saturated rings. The molecule has 2 rings (SSSR count). The standard InChI is InChI=1S/C14H11Cl2F2N/c15-11-6-9(4-5-12(11)17)7-19-8-10-2-1-3-13(18)14(10)16/h1-6,19H,7-8H2. The molecule has 0 heterocycles. The Hall–Kier alpha value is -1.16. The second-order valence-electron chi connectivity index (χ2n) is 4.06. The smallest absolute Gasteiger partial charge is 0.142 e. The number of hydrogen-bond acceptors (Lipinski definition) is 1. The Bertz CT molecular complexity index is 588. The molecular weight excluding hydrogens is 291 g/mol. The van der Waals surface area contributed by atoms with Gasteiger partial charge in [-0.3, -0.25) is 0 Å². The van der Waals surface area contributed by atoms with Gasteiger partial charge in [-0.25, -0.2) is 8.78 Å². The fourth-order valence-corrected chi connectivity index (χ4v) is 2.07. The molecule has 0 saturated heterocycles. The highest BCUT2D eigenvalue weighted by Gasteiger charge is 2.05. The molecule has 2 aromatic carbocycles. The summed E-state index contributed by atoms with van der Waals surface area (Å²) < 4.78 is 26.2. The summed E-state index contributed by atoms with van der Waals surface area (Å²) in [4.78, 5) is 0. The molecule has 19 heavy (non-hydrogen) atoms. The Morgan fingerprint density at radius 1 is 0.947 bits per heavy atom. The molecule has 0 radical (unpaired) electrons. The Labute approximate surface area is 120 Å². The Morgan fingerprint density at radius 3 is 2.47 bits per heavy atom. The summed E-state index contributed by atoms with van der Waals surface area (Å²) in [5.74, 6) is -0.885. The van der Waals surface area contributed by atoms with Crippen molar-refractivity contribution >= 4 is 23.2 Å². The second-order valence-corrected chi connectivity index (χ2v) is 4.85. The average Bonchev–Trinajstić information content (AvgIpc) is 2.39. The molecule has 1 N–H and O–H groups in total. The van der Waals surface area contributed by atoms with Crippen LogP contribution < -0.4 is 5.32 Å². The van der Waals surface area contributed by atoms with Crippen molar-refractivity contribution in [3.8, 4) is 0 Å². The van der Waals surface area contributed by atoms with E-state index in [-0.39, 0.29) is 10.0 Å². The molecule has 0 saturated carbocycles. The summed E-state index contributed by atoms with van der Waals surface area (Å²) >= 11 is 11.5. The van der Waals surface area contributed by atoms with E-state index in [1.807, 2.05) is 0 Å². The molecule has 0 aliphatic rings. The number of benzene rings is 2. The third-order valence-electron chi connectivity index (χ3n) is 2.66. The van der Waals surface area contributed by atoms with Gasteiger partial charge in [0.2, 0.25) is 0 Å². The summed E-state index contributed by atoms with van der Waals surface area (Å²) in [7, 11) is 0. The lowest BCUT2D eigenvalue weighted by Crippen LogP contribution is -2.13. The van der Waals surface area contributed by atoms with Gasteiger partial charge in [0.1, 0.15) is 11.6 Å². The molecule has 0 atom stereocenters. The summed E-state index contributed by atoms with van der Waals surface area (Å²) in [6.07, 6.45) is 0. The fraction of sp³-hybridized carbons (Fsp3) is 0.143. The minimum Gasteiger partial charge on any atom is -0.309 e. The van der Waals surface area contributed by atoms with Gasteiger partial charge in [-0.05, 0) is 29.3 Å². The zero-order valence-electron chi connectivity index (χ0n) is 9.89. The largest absolute Gasteiger partial charge is 0.309 e. The SMILES string of the molecule is Fc1ccc(CNCc2cccc(F)c2Cl)cc1Cl. The molecule has 0 bridgehead atoms. The van der Waals surface area contributed by atoms with E-state index in [1.165, 1.54) is 12.1 Å². The molecule has 0 aliphatic carbocycles. The lowest BCUT2D eigenvalue weighted by atomic mass is 10.2. The van der Waals surface area contributed by atoms with Crippen LogP contribution in [0.1, 0.15) is 11.1 Å². The van der Waals surface area contributed by atoms with Gasteiger partial charge in [-0.1, -0.05) is 41.4 Å². The van der Waals surface area contributed by atoms with Crippen LogP contribution in [0.2, 0.25) is 10.0 Å². The first-order valence-corrected chi connectivity index (χ1v) is 6.41. The summed E-state index contributed by atoms with van der Waals surface area (Å²) in [5, 5.41) is 3.30. The summed E-state index contributed by atoms with van der Waals surface area (Å²) in [6.45, 7) is 0.915. The molecule has 100 valence electrons. The number of hydrogen-bond donors (Lipinski definition) is 1. The minimum absolute atomic E-state index is 0.0862. The number of halogens is 4. The van der Waals surface area contributed by atoms with Crippen LogP contribution in [0.5, 0.6) is 0 Å². The van der Waals surface area contributed by atoms with Gasteiger partial charge in [-0.15, -0.1) is 0 Å². The van der Waals surface area contributed by atoms with Crippen molar-refractivity contribution in [2.75, 3.05) is 0 Å². The maximum absolute atomic E-state index is 13.2. The van der Waals surface area contributed by atoms with Crippen LogP contribution in [0.15, 0.2) is 36.4 Å². The predicted molar refractivity (Wildman–Crippen MR) is 73.4 cm³/mol. The zero-order valence-corrected chi connectivity index (χ0v) is 11.4. The van der Waals surface area contributed by atoms with Gasteiger partial charge >= 0.3 is 0 Å². The highest BCUT2D eigenvalue weighted by atomic mass is 35.5. The molecule has 0 spiro atoms. The minimum atomic E-state index is -0.446. The van der Waals surface area contributed by atoms with Gasteiger partial charge in [0.15, 0.2) is 0 Å². The van der Waals surface area contributed by atoms with Crippen molar-refractivity contribution in [2.24, 2.45) is 0 Å². The van der Waals surface area contributed by atoms with Crippen LogP contribution in [-0.2, 0) is 13.1 Å². The van der Waals surface area contributed by atoms with Crippen molar-refractivity contribution in [2.45, 2.75) is 13.1 Å². The first-order valence-electron chi connectivity index (χ1n) is 5.65. The van der Waals surface area contributed by atoms with E-state index in [0.29, 0.717) is 18.7 Å². The summed E-state index contributed by atoms with van der Waals surface area (Å²) in [5.41, 5.74) is 1.52. The van der Waals surface area contributed by atoms with E-state index in [4.69, 9.17) is 23.2 Å². The predicted octanol–water partition coefficient (Wildman–Crippen LogP) is 4.56. The van der Waals surface area contributed by atoms with Gasteiger partial charge in [0.25, 0.3) is 0 Å². The summed E-state index contributed by atoms with van der Waals surface area (Å²) in [6, 6.07) is 9.17. The highest BCUT2D eigenvalue weighted by Crippen LogP contribution is 2.20. The Kier molecular flexibility index (Phi) is 4.75. The van der Waals surface area contributed by atoms with Crippen molar-refractivity contribution in [1.29, 1.82) is 0 Å². The van der Waals surface area contributed by atoms with E-state index in [9.17, 15) is 8.78 Å². The fourth-order valence-electron chi connectivity index (χ4n) is 1.68. The highest BCUT2D eigenvalue weighted by molar-refractivity contribution is 6.31. The van der Waals surface area contributed by atoms with E-state index >= 15 is 0 Å². The van der Waals surface area contributed by atoms with Gasteiger partial charge < -0.3 is 5.32 Å². The number of nitrogens with one attached hydrogen (secondary N) is 1. The quantitative estimate of drug-likeness (QED) is 0.873. The third-order valence-corrected chi connectivity index (χ3v) is 3.37. The molecule has 1 nitrogen and oxygen atoms in total. The van der Waals surface area contributed by atoms with Crippen LogP contribution in [-0.4, -0.2) is 0 Å². The lowest BCUT2D eigenvalue weighted by Gasteiger charge is -2.08. The van der Waals surface area contributed by atoms with Crippen molar-refractivity contribution in [3.05, 3.63) is 69.2 Å². The second kappa shape index (κ2) is 6.33. The van der Waals surface area contributed by atoms with Crippen LogP contribution in [0, 0.1) is 11.6 Å². The van der Waals surface area contributed by atoms with Gasteiger partial charge in [0.05, 0.1) is 10.0 Å². The van der Waals surface area contributed by atoms with Crippen LogP contribution in [0.25, 0.3) is 0 Å². The topological polar surface area (TPSA) is 12.0 Å². The Morgan fingerprint density at radius 2 is 1.74 bits per heavy atom. The third kappa shape index (κ3) is 3.66. The monoisotopic (exact) mass is 301 g/mol. The van der Waals surface area contributed by atoms with E-state index < -0.39 is 11.6 Å². The van der Waals surface area contributed by atoms with Crippen LogP contribution >= 0.6 is 23.2 Å². The maximum atomic E-state index is 13.2. The maximum Gasteiger partial charge on any atom is 0.142 e. The van der Waals surface area contributed by atoms with E-state index in [1.54, 1.807) is 24.3 Å². The molecule has 2 aromatic rings. The van der Waals surface area contributed by atoms with Crippen molar-refractivity contribution in [1.82, 2.24) is 5.32 Å². The lowest BCUT2D eigenvalue weighted by molar-refractivity contribution is 0.618. The molecule has 0 aliphatic heterocycles. The van der Waals surface area contributed by atoms with Crippen molar-refractivity contribution in [3.63, 3.8) is 0 Å². The number of rotatable bonds is 4. The van der Waals surface area contributed by atoms with Gasteiger partial charge in [-0.2, -0.15) is 0 Å². The van der Waals surface area contributed by atoms with E-state index in [0.717, 1.165) is 5.56 Å². The zero-order chi connectivity index (χ0) is 13.8. The molecule has 5 heteroatoms. The first kappa shape index (κ1) is 14.3. The van der Waals surface area contributed by atoms with Crippen LogP contribution in [0.4, 0.5) is 8.78 Å². The molecule has 0 amide bonds. The molecule has 0 unspecified atom stereocenters. The van der Waals surface area contributed by atoms with Crippen LogP contribution in [0.3, 0.4) is 0 Å². The van der Waals surface area contributed by atoms with E-state index in [2.05, 4.69) is 5.32 Å². The average molecular weight is 302 g/mol. The molecular formula is C14H11Cl2F2N. The first-order chi connectivity index (χ1) is 9.08. The molecule has 0 aromatic heterocycles. The van der Waals surface area contributed by atoms with Crippen molar-refractivity contribution < 1.29 is 8.78 Å². The van der Waals surface area contributed by atoms with Gasteiger partial charge in [0, 0.05) is 13.1 Å². The normalized spacial score (nSPS) is 10.7.